The highest BCUT2D eigenvalue weighted by molar-refractivity contribution is 7.88. The van der Waals surface area contributed by atoms with Crippen LogP contribution < -0.4 is 4.90 Å². The van der Waals surface area contributed by atoms with E-state index >= 15 is 0 Å². The zero-order valence-electron chi connectivity index (χ0n) is 14.2. The quantitative estimate of drug-likeness (QED) is 0.741. The van der Waals surface area contributed by atoms with E-state index in [1.807, 2.05) is 37.3 Å². The number of sulfonamides is 1. The lowest BCUT2D eigenvalue weighted by Gasteiger charge is -2.26. The molecule has 1 amide bonds. The van der Waals surface area contributed by atoms with Gasteiger partial charge in [0.15, 0.2) is 0 Å². The van der Waals surface area contributed by atoms with Crippen molar-refractivity contribution in [1.82, 2.24) is 4.31 Å². The van der Waals surface area contributed by atoms with Crippen LogP contribution in [0.3, 0.4) is 0 Å². The Balaban J connectivity index is 2.22. The van der Waals surface area contributed by atoms with Gasteiger partial charge in [-0.25, -0.2) is 8.42 Å². The van der Waals surface area contributed by atoms with Gasteiger partial charge in [0.1, 0.15) is 0 Å². The van der Waals surface area contributed by atoms with Gasteiger partial charge in [-0.05, 0) is 30.7 Å². The lowest BCUT2D eigenvalue weighted by molar-refractivity contribution is -0.118. The summed E-state index contributed by atoms with van der Waals surface area (Å²) in [5, 5.41) is 0.471. The van der Waals surface area contributed by atoms with Crippen molar-refractivity contribution < 1.29 is 13.2 Å². The molecular formula is C18H21ClN2O3S. The molecule has 0 N–H and O–H groups in total. The molecule has 0 spiro atoms. The number of hydrogen-bond acceptors (Lipinski definition) is 3. The van der Waals surface area contributed by atoms with Gasteiger partial charge in [0, 0.05) is 23.8 Å². The molecule has 2 aromatic rings. The molecule has 0 aromatic heterocycles. The van der Waals surface area contributed by atoms with Gasteiger partial charge in [-0.3, -0.25) is 4.79 Å². The maximum atomic E-state index is 12.7. The predicted molar refractivity (Wildman–Crippen MR) is 101 cm³/mol. The minimum Gasteiger partial charge on any atom is -0.312 e. The summed E-state index contributed by atoms with van der Waals surface area (Å²) in [6.45, 7) is 2.11. The lowest BCUT2D eigenvalue weighted by Crippen LogP contribution is -2.42. The fourth-order valence-corrected chi connectivity index (χ4v) is 3.37. The van der Waals surface area contributed by atoms with Crippen LogP contribution in [0, 0.1) is 0 Å². The standard InChI is InChI=1S/C18H21ClN2O3S/c1-3-21(16-10-5-4-6-11-16)18(22)14-20(25(2,23)24)13-15-9-7-8-12-17(15)19/h4-12H,3,13-14H2,1-2H3. The van der Waals surface area contributed by atoms with Crippen molar-refractivity contribution >= 4 is 33.2 Å². The Bertz CT molecular complexity index is 825. The van der Waals surface area contributed by atoms with Gasteiger partial charge in [-0.15, -0.1) is 0 Å². The number of benzene rings is 2. The number of likely N-dealkylation sites (N-methyl/N-ethyl adjacent to an activating group) is 1. The van der Waals surface area contributed by atoms with Crippen molar-refractivity contribution in [1.29, 1.82) is 0 Å². The summed E-state index contributed by atoms with van der Waals surface area (Å²) in [4.78, 5) is 14.3. The molecule has 0 aliphatic carbocycles. The molecule has 0 fully saturated rings. The van der Waals surface area contributed by atoms with Crippen molar-refractivity contribution in [2.45, 2.75) is 13.5 Å². The molecule has 134 valence electrons. The predicted octanol–water partition coefficient (Wildman–Crippen LogP) is 3.15. The number of anilines is 1. The third-order valence-electron chi connectivity index (χ3n) is 3.77. The third kappa shape index (κ3) is 5.29. The minimum absolute atomic E-state index is 0.0522. The summed E-state index contributed by atoms with van der Waals surface area (Å²) in [5.41, 5.74) is 1.39. The lowest BCUT2D eigenvalue weighted by atomic mass is 10.2. The number of carbonyl (C=O) groups excluding carboxylic acids is 1. The number of carbonyl (C=O) groups is 1. The first kappa shape index (κ1) is 19.4. The second-order valence-electron chi connectivity index (χ2n) is 5.60. The van der Waals surface area contributed by atoms with Crippen LogP contribution in [0.25, 0.3) is 0 Å². The molecule has 2 aromatic carbocycles. The topological polar surface area (TPSA) is 57.7 Å². The Kier molecular flexibility index (Phi) is 6.58. The fraction of sp³-hybridized carbons (Fsp3) is 0.278. The van der Waals surface area contributed by atoms with E-state index < -0.39 is 10.0 Å². The third-order valence-corrected chi connectivity index (χ3v) is 5.34. The van der Waals surface area contributed by atoms with Crippen molar-refractivity contribution in [3.63, 3.8) is 0 Å². The molecular weight excluding hydrogens is 360 g/mol. The number of para-hydroxylation sites is 1. The molecule has 0 atom stereocenters. The monoisotopic (exact) mass is 380 g/mol. The van der Waals surface area contributed by atoms with Crippen LogP contribution in [-0.4, -0.2) is 38.0 Å². The van der Waals surface area contributed by atoms with Crippen LogP contribution in [0.2, 0.25) is 5.02 Å². The zero-order valence-corrected chi connectivity index (χ0v) is 15.8. The molecule has 5 nitrogen and oxygen atoms in total. The molecule has 0 unspecified atom stereocenters. The Labute approximate surface area is 153 Å². The Morgan fingerprint density at radius 3 is 2.20 bits per heavy atom. The molecule has 25 heavy (non-hydrogen) atoms. The molecule has 0 aliphatic heterocycles. The molecule has 0 saturated heterocycles. The van der Waals surface area contributed by atoms with Crippen LogP contribution in [0.15, 0.2) is 54.6 Å². The van der Waals surface area contributed by atoms with E-state index in [1.54, 1.807) is 29.2 Å². The SMILES string of the molecule is CCN(C(=O)CN(Cc1ccccc1Cl)S(C)(=O)=O)c1ccccc1. The zero-order chi connectivity index (χ0) is 18.4. The highest BCUT2D eigenvalue weighted by atomic mass is 35.5. The van der Waals surface area contributed by atoms with E-state index in [0.29, 0.717) is 17.1 Å². The second kappa shape index (κ2) is 8.47. The van der Waals surface area contributed by atoms with Crippen molar-refractivity contribution in [2.75, 3.05) is 24.2 Å². The van der Waals surface area contributed by atoms with E-state index in [2.05, 4.69) is 0 Å². The summed E-state index contributed by atoms with van der Waals surface area (Å²) in [6.07, 6.45) is 1.09. The van der Waals surface area contributed by atoms with Crippen LogP contribution in [-0.2, 0) is 21.4 Å². The van der Waals surface area contributed by atoms with Crippen LogP contribution in [0.5, 0.6) is 0 Å². The number of amides is 1. The normalized spacial score (nSPS) is 11.5. The highest BCUT2D eigenvalue weighted by Crippen LogP contribution is 2.19. The molecule has 2 rings (SSSR count). The first-order valence-corrected chi connectivity index (χ1v) is 10.1. The van der Waals surface area contributed by atoms with E-state index in [0.717, 1.165) is 16.2 Å². The van der Waals surface area contributed by atoms with Crippen molar-refractivity contribution in [2.24, 2.45) is 0 Å². The average molecular weight is 381 g/mol. The summed E-state index contributed by atoms with van der Waals surface area (Å²) >= 11 is 6.12. The van der Waals surface area contributed by atoms with Crippen molar-refractivity contribution in [3.05, 3.63) is 65.2 Å². The molecule has 0 radical (unpaired) electrons. The Morgan fingerprint density at radius 1 is 1.04 bits per heavy atom. The number of hydrogen-bond donors (Lipinski definition) is 0. The Hall–Kier alpha value is -1.89. The number of nitrogens with zero attached hydrogens (tertiary/aromatic N) is 2. The molecule has 0 saturated carbocycles. The maximum Gasteiger partial charge on any atom is 0.242 e. The smallest absolute Gasteiger partial charge is 0.242 e. The maximum absolute atomic E-state index is 12.7. The van der Waals surface area contributed by atoms with E-state index in [-0.39, 0.29) is 19.0 Å². The summed E-state index contributed by atoms with van der Waals surface area (Å²) in [7, 11) is -3.57. The van der Waals surface area contributed by atoms with Gasteiger partial charge in [0.25, 0.3) is 0 Å². The van der Waals surface area contributed by atoms with E-state index in [4.69, 9.17) is 11.6 Å². The molecule has 0 heterocycles. The average Bonchev–Trinajstić information content (AvgIpc) is 2.57. The molecule has 0 aliphatic rings. The first-order chi connectivity index (χ1) is 11.8. The highest BCUT2D eigenvalue weighted by Gasteiger charge is 2.24. The number of rotatable bonds is 7. The van der Waals surface area contributed by atoms with E-state index in [1.165, 1.54) is 0 Å². The van der Waals surface area contributed by atoms with Gasteiger partial charge >= 0.3 is 0 Å². The summed E-state index contributed by atoms with van der Waals surface area (Å²) in [5.74, 6) is -0.286. The van der Waals surface area contributed by atoms with E-state index in [9.17, 15) is 13.2 Å². The summed E-state index contributed by atoms with van der Waals surface area (Å²) < 4.78 is 25.4. The molecule has 7 heteroatoms. The van der Waals surface area contributed by atoms with Gasteiger partial charge in [-0.2, -0.15) is 4.31 Å². The second-order valence-corrected chi connectivity index (χ2v) is 7.99. The largest absolute Gasteiger partial charge is 0.312 e. The van der Waals surface area contributed by atoms with Gasteiger partial charge in [-0.1, -0.05) is 48.0 Å². The Morgan fingerprint density at radius 2 is 1.64 bits per heavy atom. The van der Waals surface area contributed by atoms with Gasteiger partial charge in [0.2, 0.25) is 15.9 Å². The van der Waals surface area contributed by atoms with Crippen molar-refractivity contribution in [3.8, 4) is 0 Å². The van der Waals surface area contributed by atoms with Crippen LogP contribution >= 0.6 is 11.6 Å². The van der Waals surface area contributed by atoms with Gasteiger partial charge < -0.3 is 4.90 Å². The first-order valence-electron chi connectivity index (χ1n) is 7.87. The fourth-order valence-electron chi connectivity index (χ4n) is 2.45. The van der Waals surface area contributed by atoms with Crippen LogP contribution in [0.1, 0.15) is 12.5 Å². The number of halogens is 1. The minimum atomic E-state index is -3.57. The van der Waals surface area contributed by atoms with Crippen LogP contribution in [0.4, 0.5) is 5.69 Å². The molecule has 0 bridgehead atoms. The van der Waals surface area contributed by atoms with Gasteiger partial charge in [0.05, 0.1) is 12.8 Å². The summed E-state index contributed by atoms with van der Waals surface area (Å²) in [6, 6.07) is 16.2.